The van der Waals surface area contributed by atoms with E-state index in [1.54, 1.807) is 0 Å². The molecule has 1 saturated heterocycles. The molecule has 4 heteroatoms. The quantitative estimate of drug-likeness (QED) is 0.643. The van der Waals surface area contributed by atoms with E-state index in [0.717, 1.165) is 16.7 Å². The molecule has 0 amide bonds. The fourth-order valence-corrected chi connectivity index (χ4v) is 4.43. The van der Waals surface area contributed by atoms with Crippen molar-refractivity contribution in [1.29, 1.82) is 0 Å². The maximum atomic E-state index is 6.25. The number of rotatable bonds is 2. The van der Waals surface area contributed by atoms with E-state index in [1.165, 1.54) is 24.0 Å². The fourth-order valence-electron chi connectivity index (χ4n) is 4.43. The molecule has 0 N–H and O–H groups in total. The first-order chi connectivity index (χ1) is 13.3. The Hall–Kier alpha value is -1.65. The molecule has 0 atom stereocenters. The van der Waals surface area contributed by atoms with E-state index >= 15 is 0 Å². The van der Waals surface area contributed by atoms with Gasteiger partial charge in [-0.25, -0.2) is 0 Å². The number of fused-ring (bicyclic) bond motifs is 1. The molecule has 1 aliphatic carbocycles. The van der Waals surface area contributed by atoms with Gasteiger partial charge in [-0.1, -0.05) is 52.0 Å². The second-order valence-corrected chi connectivity index (χ2v) is 11.1. The van der Waals surface area contributed by atoms with Gasteiger partial charge in [0, 0.05) is 6.20 Å². The van der Waals surface area contributed by atoms with Crippen molar-refractivity contribution in [3.05, 3.63) is 47.7 Å². The van der Waals surface area contributed by atoms with Crippen molar-refractivity contribution >= 4 is 12.6 Å². The molecule has 1 fully saturated rings. The molecule has 0 unspecified atom stereocenters. The Bertz CT molecular complexity index is 930. The molecule has 0 spiro atoms. The van der Waals surface area contributed by atoms with Crippen LogP contribution in [0.15, 0.2) is 36.5 Å². The van der Waals surface area contributed by atoms with Crippen LogP contribution in [0.2, 0.25) is 0 Å². The molecule has 154 valence electrons. The zero-order chi connectivity index (χ0) is 21.2. The normalized spacial score (nSPS) is 23.7. The highest BCUT2D eigenvalue weighted by Crippen LogP contribution is 2.46. The van der Waals surface area contributed by atoms with Crippen molar-refractivity contribution < 1.29 is 9.31 Å². The molecule has 1 aromatic carbocycles. The fraction of sp³-hybridized carbons (Fsp3) is 0.560. The summed E-state index contributed by atoms with van der Waals surface area (Å²) in [4.78, 5) is 4.87. The molecule has 29 heavy (non-hydrogen) atoms. The number of aromatic nitrogens is 1. The van der Waals surface area contributed by atoms with Crippen LogP contribution in [0, 0.1) is 0 Å². The van der Waals surface area contributed by atoms with E-state index in [0.29, 0.717) is 0 Å². The minimum Gasteiger partial charge on any atom is -0.399 e. The summed E-state index contributed by atoms with van der Waals surface area (Å²) in [7, 11) is -0.354. The van der Waals surface area contributed by atoms with Crippen LogP contribution in [0.4, 0.5) is 0 Å². The van der Waals surface area contributed by atoms with Gasteiger partial charge in [0.1, 0.15) is 0 Å². The monoisotopic (exact) mass is 391 g/mol. The molecule has 3 nitrogen and oxygen atoms in total. The Labute approximate surface area is 176 Å². The van der Waals surface area contributed by atoms with Gasteiger partial charge in [0.25, 0.3) is 0 Å². The van der Waals surface area contributed by atoms with Gasteiger partial charge in [-0.3, -0.25) is 4.98 Å². The van der Waals surface area contributed by atoms with E-state index in [2.05, 4.69) is 91.9 Å². The zero-order valence-corrected chi connectivity index (χ0v) is 19.2. The Balaban J connectivity index is 1.72. The molecule has 2 aromatic rings. The van der Waals surface area contributed by atoms with E-state index < -0.39 is 0 Å². The van der Waals surface area contributed by atoms with Crippen molar-refractivity contribution in [2.24, 2.45) is 0 Å². The first kappa shape index (κ1) is 20.6. The molecule has 0 bridgehead atoms. The van der Waals surface area contributed by atoms with E-state index in [9.17, 15) is 0 Å². The maximum absolute atomic E-state index is 6.25. The minimum absolute atomic E-state index is 0.172. The summed E-state index contributed by atoms with van der Waals surface area (Å²) < 4.78 is 12.5. The lowest BCUT2D eigenvalue weighted by molar-refractivity contribution is 0.00578. The van der Waals surface area contributed by atoms with Crippen LogP contribution in [0.5, 0.6) is 0 Å². The third-order valence-electron chi connectivity index (χ3n) is 7.45. The maximum Gasteiger partial charge on any atom is 0.494 e. The first-order valence-electron chi connectivity index (χ1n) is 10.8. The third kappa shape index (κ3) is 3.45. The summed E-state index contributed by atoms with van der Waals surface area (Å²) in [6.07, 6.45) is 4.50. The number of benzene rings is 1. The van der Waals surface area contributed by atoms with Crippen molar-refractivity contribution in [3.63, 3.8) is 0 Å². The predicted molar refractivity (Wildman–Crippen MR) is 121 cm³/mol. The van der Waals surface area contributed by atoms with Crippen molar-refractivity contribution in [2.75, 3.05) is 0 Å². The van der Waals surface area contributed by atoms with E-state index in [4.69, 9.17) is 14.3 Å². The third-order valence-corrected chi connectivity index (χ3v) is 7.45. The van der Waals surface area contributed by atoms with Gasteiger partial charge in [-0.15, -0.1) is 0 Å². The summed E-state index contributed by atoms with van der Waals surface area (Å²) >= 11 is 0. The number of nitrogens with zero attached hydrogens (tertiary/aromatic N) is 1. The van der Waals surface area contributed by atoms with E-state index in [-0.39, 0.29) is 29.2 Å². The molecule has 1 aromatic heterocycles. The Morgan fingerprint density at radius 2 is 1.38 bits per heavy atom. The highest BCUT2D eigenvalue weighted by molar-refractivity contribution is 6.62. The van der Waals surface area contributed by atoms with Crippen LogP contribution in [0.25, 0.3) is 11.3 Å². The smallest absolute Gasteiger partial charge is 0.399 e. The van der Waals surface area contributed by atoms with Gasteiger partial charge in [0.2, 0.25) is 0 Å². The van der Waals surface area contributed by atoms with Crippen LogP contribution in [0.1, 0.15) is 79.4 Å². The molecular weight excluding hydrogens is 357 g/mol. The summed E-state index contributed by atoms with van der Waals surface area (Å²) in [5.41, 5.74) is 5.67. The predicted octanol–water partition coefficient (Wildman–Crippen LogP) is 5.40. The average molecular weight is 391 g/mol. The standard InChI is InChI=1S/C25H34BNO2/c1-22(2)12-13-23(3,4)20-16-27-21(15-19(20)22)17-10-9-11-18(14-17)26-28-24(5,6)25(7,8)29-26/h9-11,14-16H,12-13H2,1-8H3. The second-order valence-electron chi connectivity index (χ2n) is 11.1. The molecule has 2 aliphatic rings. The molecule has 4 rings (SSSR count). The van der Waals surface area contributed by atoms with Crippen LogP contribution in [-0.4, -0.2) is 23.3 Å². The molecule has 0 radical (unpaired) electrons. The lowest BCUT2D eigenvalue weighted by Crippen LogP contribution is -2.41. The Morgan fingerprint density at radius 1 is 0.793 bits per heavy atom. The summed E-state index contributed by atoms with van der Waals surface area (Å²) in [5, 5.41) is 0. The van der Waals surface area contributed by atoms with Gasteiger partial charge in [0.05, 0.1) is 16.9 Å². The first-order valence-corrected chi connectivity index (χ1v) is 10.8. The van der Waals surface area contributed by atoms with Crippen LogP contribution >= 0.6 is 0 Å². The molecular formula is C25H34BNO2. The van der Waals surface area contributed by atoms with Gasteiger partial charge >= 0.3 is 7.12 Å². The van der Waals surface area contributed by atoms with Crippen molar-refractivity contribution in [3.8, 4) is 11.3 Å². The second kappa shape index (κ2) is 6.42. The number of hydrogen-bond donors (Lipinski definition) is 0. The highest BCUT2D eigenvalue weighted by atomic mass is 16.7. The van der Waals surface area contributed by atoms with E-state index in [1.807, 2.05) is 0 Å². The number of hydrogen-bond acceptors (Lipinski definition) is 3. The van der Waals surface area contributed by atoms with Crippen molar-refractivity contribution in [2.45, 2.75) is 90.3 Å². The van der Waals surface area contributed by atoms with Crippen LogP contribution in [-0.2, 0) is 20.1 Å². The highest BCUT2D eigenvalue weighted by Gasteiger charge is 2.51. The van der Waals surface area contributed by atoms with Crippen LogP contribution in [0.3, 0.4) is 0 Å². The largest absolute Gasteiger partial charge is 0.494 e. The lowest BCUT2D eigenvalue weighted by Gasteiger charge is -2.41. The topological polar surface area (TPSA) is 31.4 Å². The average Bonchev–Trinajstić information content (AvgIpc) is 2.86. The Morgan fingerprint density at radius 3 is 2.00 bits per heavy atom. The van der Waals surface area contributed by atoms with Gasteiger partial charge in [0.15, 0.2) is 0 Å². The Kier molecular flexibility index (Phi) is 4.57. The molecule has 0 saturated carbocycles. The minimum atomic E-state index is -0.354. The number of pyridine rings is 1. The van der Waals surface area contributed by atoms with Gasteiger partial charge < -0.3 is 9.31 Å². The van der Waals surface area contributed by atoms with Gasteiger partial charge in [-0.2, -0.15) is 0 Å². The lowest BCUT2D eigenvalue weighted by atomic mass is 9.63. The zero-order valence-electron chi connectivity index (χ0n) is 19.2. The summed E-state index contributed by atoms with van der Waals surface area (Å²) in [5.74, 6) is 0. The van der Waals surface area contributed by atoms with Gasteiger partial charge in [-0.05, 0) is 79.6 Å². The molecule has 2 heterocycles. The van der Waals surface area contributed by atoms with Crippen LogP contribution < -0.4 is 5.46 Å². The summed E-state index contributed by atoms with van der Waals surface area (Å²) in [6, 6.07) is 10.8. The molecule has 1 aliphatic heterocycles. The summed E-state index contributed by atoms with van der Waals surface area (Å²) in [6.45, 7) is 17.7. The SMILES string of the molecule is CC1(C)CCC(C)(C)c2cc(-c3cccc(B4OC(C)(C)C(C)(C)O4)c3)ncc21. The van der Waals surface area contributed by atoms with Crippen molar-refractivity contribution in [1.82, 2.24) is 4.98 Å².